The molecule has 8 heteroatoms. The SMILES string of the molecule is O=c1/c(=C\c2cccc(COc3ccc(I)cc3I)c2)sc2n1[C@H](c1ccc(Br)cc1)C1=C(N=2)c2ccccc2CC1. The van der Waals surface area contributed by atoms with Gasteiger partial charge in [-0.25, -0.2) is 4.99 Å². The molecular weight excluding hydrogens is 834 g/mol. The first-order valence-corrected chi connectivity index (χ1v) is 17.3. The number of rotatable bonds is 5. The molecule has 0 unspecified atom stereocenters. The molecule has 1 atom stereocenters. The van der Waals surface area contributed by atoms with E-state index in [1.165, 1.54) is 31.6 Å². The predicted octanol–water partition coefficient (Wildman–Crippen LogP) is 7.87. The number of fused-ring (bicyclic) bond motifs is 3. The fourth-order valence-corrected chi connectivity index (χ4v) is 8.67. The Hall–Kier alpha value is -2.54. The van der Waals surface area contributed by atoms with Crippen LogP contribution >= 0.6 is 72.4 Å². The molecule has 0 saturated carbocycles. The standard InChI is InChI=1S/C34H23BrI2N2O2S/c35-24-11-8-23(9-12-24)32-27-14-10-22-6-1-2-7-26(22)31(27)38-34-39(32)33(40)30(42-34)17-20-4-3-5-21(16-20)19-41-29-15-13-25(36)18-28(29)37/h1-9,11-13,15-18,32H,10,14,19H2/b30-17+/t32-/m1/s1. The number of nitrogens with zero attached hydrogens (tertiary/aromatic N) is 2. The number of hydrogen-bond acceptors (Lipinski definition) is 4. The van der Waals surface area contributed by atoms with Crippen LogP contribution in [0.25, 0.3) is 11.8 Å². The largest absolute Gasteiger partial charge is 0.488 e. The number of ether oxygens (including phenoxy) is 1. The Balaban J connectivity index is 1.30. The average Bonchev–Trinajstić information content (AvgIpc) is 3.30. The van der Waals surface area contributed by atoms with Crippen LogP contribution in [0.15, 0.2) is 111 Å². The van der Waals surface area contributed by atoms with Crippen molar-refractivity contribution >= 4 is 84.2 Å². The van der Waals surface area contributed by atoms with Gasteiger partial charge in [-0.2, -0.15) is 0 Å². The summed E-state index contributed by atoms with van der Waals surface area (Å²) in [4.78, 5) is 19.9. The van der Waals surface area contributed by atoms with Gasteiger partial charge in [-0.3, -0.25) is 9.36 Å². The predicted molar refractivity (Wildman–Crippen MR) is 190 cm³/mol. The molecule has 0 amide bonds. The number of thiazole rings is 1. The molecule has 0 spiro atoms. The molecule has 0 N–H and O–H groups in total. The minimum atomic E-state index is -0.184. The highest BCUT2D eigenvalue weighted by Gasteiger charge is 2.32. The Morgan fingerprint density at radius 3 is 2.64 bits per heavy atom. The highest BCUT2D eigenvalue weighted by atomic mass is 127. The Labute approximate surface area is 282 Å². The van der Waals surface area contributed by atoms with Crippen molar-refractivity contribution in [2.45, 2.75) is 25.5 Å². The lowest BCUT2D eigenvalue weighted by atomic mass is 9.83. The Morgan fingerprint density at radius 2 is 1.81 bits per heavy atom. The molecule has 7 rings (SSSR count). The van der Waals surface area contributed by atoms with Gasteiger partial charge in [0.1, 0.15) is 12.4 Å². The van der Waals surface area contributed by atoms with Crippen molar-refractivity contribution in [1.29, 1.82) is 0 Å². The molecule has 42 heavy (non-hydrogen) atoms. The molecule has 0 saturated heterocycles. The first kappa shape index (κ1) is 28.2. The van der Waals surface area contributed by atoms with Crippen LogP contribution < -0.4 is 19.6 Å². The molecule has 0 fully saturated rings. The van der Waals surface area contributed by atoms with Crippen molar-refractivity contribution in [3.05, 3.63) is 156 Å². The third kappa shape index (κ3) is 5.46. The highest BCUT2D eigenvalue weighted by molar-refractivity contribution is 14.1. The van der Waals surface area contributed by atoms with Crippen LogP contribution in [-0.2, 0) is 13.0 Å². The van der Waals surface area contributed by atoms with Crippen molar-refractivity contribution in [1.82, 2.24) is 4.57 Å². The van der Waals surface area contributed by atoms with E-state index in [9.17, 15) is 4.79 Å². The van der Waals surface area contributed by atoms with Gasteiger partial charge in [-0.1, -0.05) is 81.9 Å². The molecule has 2 aliphatic rings. The summed E-state index contributed by atoms with van der Waals surface area (Å²) in [7, 11) is 0. The van der Waals surface area contributed by atoms with E-state index in [1.807, 2.05) is 47.0 Å². The summed E-state index contributed by atoms with van der Waals surface area (Å²) in [5.74, 6) is 0.869. The first-order chi connectivity index (χ1) is 20.4. The fourth-order valence-electron chi connectivity index (χ4n) is 5.64. The van der Waals surface area contributed by atoms with E-state index < -0.39 is 0 Å². The van der Waals surface area contributed by atoms with E-state index in [2.05, 4.69) is 116 Å². The van der Waals surface area contributed by atoms with Crippen LogP contribution in [0.5, 0.6) is 5.75 Å². The van der Waals surface area contributed by atoms with E-state index >= 15 is 0 Å². The van der Waals surface area contributed by atoms with Crippen LogP contribution in [-0.4, -0.2) is 4.57 Å². The summed E-state index contributed by atoms with van der Waals surface area (Å²) in [5.41, 5.74) is 7.81. The highest BCUT2D eigenvalue weighted by Crippen LogP contribution is 2.41. The number of aromatic nitrogens is 1. The monoisotopic (exact) mass is 856 g/mol. The van der Waals surface area contributed by atoms with Gasteiger partial charge in [0, 0.05) is 13.6 Å². The maximum absolute atomic E-state index is 14.1. The zero-order valence-corrected chi connectivity index (χ0v) is 28.9. The van der Waals surface area contributed by atoms with E-state index in [0.717, 1.165) is 53.8 Å². The number of allylic oxidation sites excluding steroid dienone is 1. The number of halogens is 3. The third-order valence-electron chi connectivity index (χ3n) is 7.60. The second-order valence-electron chi connectivity index (χ2n) is 10.3. The summed E-state index contributed by atoms with van der Waals surface area (Å²) in [5, 5.41) is 0. The van der Waals surface area contributed by atoms with Gasteiger partial charge >= 0.3 is 0 Å². The number of benzene rings is 4. The van der Waals surface area contributed by atoms with Gasteiger partial charge in [0.05, 0.1) is 19.8 Å². The van der Waals surface area contributed by atoms with E-state index in [1.54, 1.807) is 0 Å². The molecule has 4 aromatic carbocycles. The second-order valence-corrected chi connectivity index (χ2v) is 14.6. The summed E-state index contributed by atoms with van der Waals surface area (Å²) in [6.07, 6.45) is 3.80. The van der Waals surface area contributed by atoms with Crippen LogP contribution in [0.3, 0.4) is 0 Å². The van der Waals surface area contributed by atoms with Gasteiger partial charge in [-0.05, 0) is 128 Å². The molecule has 1 aliphatic heterocycles. The smallest absolute Gasteiger partial charge is 0.271 e. The molecule has 1 aliphatic carbocycles. The number of aryl methyl sites for hydroxylation is 1. The summed E-state index contributed by atoms with van der Waals surface area (Å²) in [6, 6.07) is 31.0. The molecule has 0 bridgehead atoms. The van der Waals surface area contributed by atoms with E-state index in [4.69, 9.17) is 9.73 Å². The van der Waals surface area contributed by atoms with Crippen LogP contribution in [0.4, 0.5) is 0 Å². The molecule has 1 aromatic heterocycles. The molecular formula is C34H23BrI2N2O2S. The third-order valence-corrected chi connectivity index (χ3v) is 10.6. The lowest BCUT2D eigenvalue weighted by Crippen LogP contribution is -2.38. The van der Waals surface area contributed by atoms with Crippen molar-refractivity contribution in [3.63, 3.8) is 0 Å². The number of hydrogen-bond donors (Lipinski definition) is 0. The van der Waals surface area contributed by atoms with Gasteiger partial charge in [0.2, 0.25) is 0 Å². The minimum absolute atomic E-state index is 0.00725. The maximum Gasteiger partial charge on any atom is 0.271 e. The Kier molecular flexibility index (Phi) is 7.97. The van der Waals surface area contributed by atoms with Crippen LogP contribution in [0.2, 0.25) is 0 Å². The average molecular weight is 857 g/mol. The van der Waals surface area contributed by atoms with Gasteiger partial charge in [0.25, 0.3) is 5.56 Å². The Morgan fingerprint density at radius 1 is 0.976 bits per heavy atom. The second kappa shape index (κ2) is 11.9. The van der Waals surface area contributed by atoms with Gasteiger partial charge < -0.3 is 4.74 Å². The topological polar surface area (TPSA) is 43.6 Å². The minimum Gasteiger partial charge on any atom is -0.488 e. The fraction of sp³-hybridized carbons (Fsp3) is 0.118. The normalized spacial score (nSPS) is 16.0. The van der Waals surface area contributed by atoms with Gasteiger partial charge in [0.15, 0.2) is 4.80 Å². The lowest BCUT2D eigenvalue weighted by molar-refractivity contribution is 0.304. The van der Waals surface area contributed by atoms with E-state index in [0.29, 0.717) is 11.1 Å². The molecule has 0 radical (unpaired) electrons. The zero-order chi connectivity index (χ0) is 28.8. The quantitative estimate of drug-likeness (QED) is 0.169. The summed E-state index contributed by atoms with van der Waals surface area (Å²) in [6.45, 7) is 0.454. The van der Waals surface area contributed by atoms with Crippen LogP contribution in [0, 0.1) is 7.14 Å². The molecule has 4 nitrogen and oxygen atoms in total. The van der Waals surface area contributed by atoms with Crippen LogP contribution in [0.1, 0.15) is 40.3 Å². The lowest BCUT2D eigenvalue weighted by Gasteiger charge is -2.30. The summed E-state index contributed by atoms with van der Waals surface area (Å²) >= 11 is 9.64. The first-order valence-electron chi connectivity index (χ1n) is 13.5. The van der Waals surface area contributed by atoms with Crippen molar-refractivity contribution < 1.29 is 4.74 Å². The molecule has 208 valence electrons. The summed E-state index contributed by atoms with van der Waals surface area (Å²) < 4.78 is 12.0. The maximum atomic E-state index is 14.1. The van der Waals surface area contributed by atoms with Crippen molar-refractivity contribution in [2.75, 3.05) is 0 Å². The van der Waals surface area contributed by atoms with Gasteiger partial charge in [-0.15, -0.1) is 0 Å². The zero-order valence-electron chi connectivity index (χ0n) is 22.2. The molecule has 5 aromatic rings. The van der Waals surface area contributed by atoms with E-state index in [-0.39, 0.29) is 11.6 Å². The molecule has 2 heterocycles. The Bertz CT molecular complexity index is 2060. The van der Waals surface area contributed by atoms with Crippen molar-refractivity contribution in [2.24, 2.45) is 4.99 Å². The van der Waals surface area contributed by atoms with Crippen molar-refractivity contribution in [3.8, 4) is 5.75 Å².